The van der Waals surface area contributed by atoms with Crippen LogP contribution in [0.2, 0.25) is 0 Å². The van der Waals surface area contributed by atoms with Crippen LogP contribution in [-0.4, -0.2) is 94.7 Å². The van der Waals surface area contributed by atoms with Crippen LogP contribution in [0.15, 0.2) is 115 Å². The van der Waals surface area contributed by atoms with E-state index < -0.39 is 64.2 Å². The highest BCUT2D eigenvalue weighted by Crippen LogP contribution is 2.48. The summed E-state index contributed by atoms with van der Waals surface area (Å²) in [4.78, 5) is 77.3. The van der Waals surface area contributed by atoms with Gasteiger partial charge in [0.15, 0.2) is 0 Å². The summed E-state index contributed by atoms with van der Waals surface area (Å²) in [5, 5.41) is 17.4. The number of carbonyl (C=O) groups is 6. The van der Waals surface area contributed by atoms with Crippen molar-refractivity contribution < 1.29 is 48.1 Å². The molecule has 0 spiro atoms. The number of rotatable bonds is 20. The number of nitrogens with one attached hydrogen (secondary N) is 3. The first-order valence-corrected chi connectivity index (χ1v) is 21.4. The molecule has 0 saturated carbocycles. The van der Waals surface area contributed by atoms with Gasteiger partial charge in [0.25, 0.3) is 0 Å². The second kappa shape index (κ2) is 22.5. The molecule has 0 fully saturated rings. The highest BCUT2D eigenvalue weighted by atomic mass is 32.2. The van der Waals surface area contributed by atoms with Crippen LogP contribution in [0, 0.1) is 0 Å². The number of carboxylic acid groups (broad SMARTS) is 1. The number of aliphatic carboxylic acids is 1. The third-order valence-corrected chi connectivity index (χ3v) is 11.0. The zero-order chi connectivity index (χ0) is 46.2. The molecule has 0 bridgehead atoms. The van der Waals surface area contributed by atoms with Crippen molar-refractivity contribution in [1.29, 1.82) is 0 Å². The van der Waals surface area contributed by atoms with Crippen molar-refractivity contribution in [3.05, 3.63) is 138 Å². The van der Waals surface area contributed by atoms with E-state index in [9.17, 15) is 33.9 Å². The number of nitrogens with two attached hydrogens (primary N) is 1. The zero-order valence-electron chi connectivity index (χ0n) is 36.4. The van der Waals surface area contributed by atoms with Crippen LogP contribution in [0.4, 0.5) is 14.4 Å². The average molecular weight is 884 g/mol. The Hall–Kier alpha value is -6.55. The molecule has 0 aliphatic heterocycles. The summed E-state index contributed by atoms with van der Waals surface area (Å²) in [6.07, 6.45) is -1.92. The van der Waals surface area contributed by atoms with E-state index in [1.807, 2.05) is 91.0 Å². The molecule has 5 amide bonds. The Balaban J connectivity index is 1.48. The van der Waals surface area contributed by atoms with Gasteiger partial charge in [0.2, 0.25) is 12.3 Å². The van der Waals surface area contributed by atoms with Crippen molar-refractivity contribution in [1.82, 2.24) is 20.9 Å². The first-order valence-electron chi connectivity index (χ1n) is 20.4. The minimum atomic E-state index is -1.27. The van der Waals surface area contributed by atoms with Crippen molar-refractivity contribution in [3.8, 4) is 5.75 Å². The van der Waals surface area contributed by atoms with Gasteiger partial charge >= 0.3 is 24.2 Å². The minimum absolute atomic E-state index is 0.0319. The van der Waals surface area contributed by atoms with Gasteiger partial charge in [-0.05, 0) is 82.3 Å². The Morgan fingerprint density at radius 2 is 1.19 bits per heavy atom. The summed E-state index contributed by atoms with van der Waals surface area (Å²) < 4.78 is 15.3. The van der Waals surface area contributed by atoms with Gasteiger partial charge in [-0.2, -0.15) is 0 Å². The molecule has 0 saturated heterocycles. The molecular formula is C47H57N5O10S. The SMILES string of the molecule is CC(C)(C)OC(=O)NC(CCNC(=O)Oc1ccc(CC(NC(=O)OC(C)(C)C)C(=O)O)cc1)CN(C=O)C(CSC(c1ccccc1)(c1ccccc1)c1ccccc1)C(N)=O. The van der Waals surface area contributed by atoms with Crippen LogP contribution in [0.1, 0.15) is 70.2 Å². The number of hydrogen-bond acceptors (Lipinski definition) is 10. The van der Waals surface area contributed by atoms with Gasteiger partial charge in [-0.25, -0.2) is 19.2 Å². The van der Waals surface area contributed by atoms with Crippen molar-refractivity contribution in [2.75, 3.05) is 18.8 Å². The molecule has 4 aromatic rings. The first-order chi connectivity index (χ1) is 29.8. The number of amides is 5. The molecule has 16 heteroatoms. The van der Waals surface area contributed by atoms with E-state index in [0.29, 0.717) is 12.0 Å². The molecule has 4 aromatic carbocycles. The van der Waals surface area contributed by atoms with E-state index in [-0.39, 0.29) is 37.4 Å². The number of benzene rings is 4. The normalized spacial score (nSPS) is 13.0. The fourth-order valence-electron chi connectivity index (χ4n) is 6.57. The molecule has 3 unspecified atom stereocenters. The largest absolute Gasteiger partial charge is 0.480 e. The molecular weight excluding hydrogens is 827 g/mol. The van der Waals surface area contributed by atoms with Crippen LogP contribution >= 0.6 is 11.8 Å². The molecule has 0 aromatic heterocycles. The number of ether oxygens (including phenoxy) is 3. The van der Waals surface area contributed by atoms with Crippen molar-refractivity contribution in [2.45, 2.75) is 88.5 Å². The topological polar surface area (TPSA) is 216 Å². The summed E-state index contributed by atoms with van der Waals surface area (Å²) in [7, 11) is 0. The molecule has 15 nitrogen and oxygen atoms in total. The van der Waals surface area contributed by atoms with Gasteiger partial charge in [-0.3, -0.25) is 9.59 Å². The van der Waals surface area contributed by atoms with Gasteiger partial charge in [-0.15, -0.1) is 11.8 Å². The summed E-state index contributed by atoms with van der Waals surface area (Å²) >= 11 is 1.45. The predicted octanol–water partition coefficient (Wildman–Crippen LogP) is 6.62. The lowest BCUT2D eigenvalue weighted by Gasteiger charge is -2.38. The smallest absolute Gasteiger partial charge is 0.412 e. The number of alkyl carbamates (subject to hydrolysis) is 2. The molecule has 0 radical (unpaired) electrons. The Morgan fingerprint density at radius 1 is 0.714 bits per heavy atom. The number of nitrogens with zero attached hydrogens (tertiary/aromatic N) is 1. The second-order valence-electron chi connectivity index (χ2n) is 16.6. The van der Waals surface area contributed by atoms with E-state index in [4.69, 9.17) is 19.9 Å². The lowest BCUT2D eigenvalue weighted by molar-refractivity contribution is -0.139. The lowest BCUT2D eigenvalue weighted by Crippen LogP contribution is -2.53. The van der Waals surface area contributed by atoms with Gasteiger partial charge in [-0.1, -0.05) is 103 Å². The Morgan fingerprint density at radius 3 is 1.62 bits per heavy atom. The monoisotopic (exact) mass is 883 g/mol. The first kappa shape index (κ1) is 49.1. The number of primary amides is 1. The molecule has 0 aliphatic rings. The Labute approximate surface area is 372 Å². The molecule has 4 rings (SSSR count). The Bertz CT molecular complexity index is 2030. The van der Waals surface area contributed by atoms with Crippen molar-refractivity contribution >= 4 is 48.3 Å². The van der Waals surface area contributed by atoms with Gasteiger partial charge in [0.05, 0.1) is 10.8 Å². The average Bonchev–Trinajstić information content (AvgIpc) is 3.21. The third-order valence-electron chi connectivity index (χ3n) is 9.34. The Kier molecular flexibility index (Phi) is 17.6. The van der Waals surface area contributed by atoms with Crippen molar-refractivity contribution in [2.24, 2.45) is 5.73 Å². The maximum atomic E-state index is 13.3. The maximum Gasteiger partial charge on any atom is 0.412 e. The van der Waals surface area contributed by atoms with E-state index in [2.05, 4.69) is 16.0 Å². The predicted molar refractivity (Wildman–Crippen MR) is 240 cm³/mol. The summed E-state index contributed by atoms with van der Waals surface area (Å²) in [5.41, 5.74) is 7.77. The van der Waals surface area contributed by atoms with E-state index in [0.717, 1.165) is 16.7 Å². The highest BCUT2D eigenvalue weighted by molar-refractivity contribution is 8.00. The van der Waals surface area contributed by atoms with Crippen LogP contribution in [-0.2, 0) is 35.0 Å². The molecule has 336 valence electrons. The van der Waals surface area contributed by atoms with Crippen LogP contribution < -0.4 is 26.4 Å². The van der Waals surface area contributed by atoms with Gasteiger partial charge in [0, 0.05) is 25.3 Å². The maximum absolute atomic E-state index is 13.3. The number of carboxylic acids is 1. The summed E-state index contributed by atoms with van der Waals surface area (Å²) in [5.74, 6) is -1.78. The van der Waals surface area contributed by atoms with Gasteiger partial charge in [0.1, 0.15) is 29.0 Å². The van der Waals surface area contributed by atoms with Crippen LogP contribution in [0.3, 0.4) is 0 Å². The van der Waals surface area contributed by atoms with Crippen molar-refractivity contribution in [3.63, 3.8) is 0 Å². The standard InChI is InChI=1S/C47H57N5O10S/c1-45(2,3)61-43(58)50-36(26-27-49-42(57)60-37-24-22-32(23-25-37)28-38(41(55)56)51-44(59)62-46(4,5)6)29-52(31-53)39(40(48)54)30-63-47(33-16-10-7-11-17-33,34-18-12-8-13-19-34)35-20-14-9-15-21-35/h7-25,31,36,38-39H,26-30H2,1-6H3,(H2,48,54)(H,49,57)(H,50,58)(H,51,59)(H,55,56). The van der Waals surface area contributed by atoms with E-state index in [1.54, 1.807) is 53.7 Å². The quantitative estimate of drug-likeness (QED) is 0.0470. The second-order valence-corrected chi connectivity index (χ2v) is 17.9. The molecule has 0 heterocycles. The summed E-state index contributed by atoms with van der Waals surface area (Å²) in [6.45, 7) is 9.90. The van der Waals surface area contributed by atoms with E-state index in [1.165, 1.54) is 28.8 Å². The number of hydrogen-bond donors (Lipinski definition) is 5. The third kappa shape index (κ3) is 15.4. The van der Waals surface area contributed by atoms with Crippen LogP contribution in [0.25, 0.3) is 0 Å². The zero-order valence-corrected chi connectivity index (χ0v) is 37.2. The van der Waals surface area contributed by atoms with Crippen LogP contribution in [0.5, 0.6) is 5.75 Å². The highest BCUT2D eigenvalue weighted by Gasteiger charge is 2.39. The minimum Gasteiger partial charge on any atom is -0.480 e. The lowest BCUT2D eigenvalue weighted by atomic mass is 9.84. The molecule has 0 aliphatic carbocycles. The number of thioether (sulfide) groups is 1. The number of carbonyl (C=O) groups excluding carboxylic acids is 5. The summed E-state index contributed by atoms with van der Waals surface area (Å²) in [6, 6.07) is 32.4. The van der Waals surface area contributed by atoms with E-state index >= 15 is 0 Å². The molecule has 6 N–H and O–H groups in total. The fourth-order valence-corrected chi connectivity index (χ4v) is 8.24. The molecule has 63 heavy (non-hydrogen) atoms. The molecule has 3 atom stereocenters. The fraction of sp³-hybridized carbons (Fsp3) is 0.362. The van der Waals surface area contributed by atoms with Gasteiger partial charge < -0.3 is 45.9 Å².